The molecule has 3 aromatic heterocycles. The first-order valence-corrected chi connectivity index (χ1v) is 10.1. The summed E-state index contributed by atoms with van der Waals surface area (Å²) in [6.45, 7) is 0.949. The van der Waals surface area contributed by atoms with Gasteiger partial charge in [-0.2, -0.15) is 17.7 Å². The molecule has 0 atom stereocenters. The summed E-state index contributed by atoms with van der Waals surface area (Å²) < 4.78 is 45.2. The van der Waals surface area contributed by atoms with Gasteiger partial charge in [0.25, 0.3) is 5.82 Å². The number of aromatic nitrogens is 6. The van der Waals surface area contributed by atoms with Crippen LogP contribution in [0.3, 0.4) is 0 Å². The molecule has 1 fully saturated rings. The summed E-state index contributed by atoms with van der Waals surface area (Å²) >= 11 is 0. The molecule has 33 heavy (non-hydrogen) atoms. The average Bonchev–Trinajstić information content (AvgIpc) is 3.49. The van der Waals surface area contributed by atoms with E-state index in [9.17, 15) is 18.0 Å². The Kier molecular flexibility index (Phi) is 5.15. The highest BCUT2D eigenvalue weighted by Gasteiger charge is 2.38. The van der Waals surface area contributed by atoms with Crippen molar-refractivity contribution in [3.8, 4) is 11.5 Å². The summed E-state index contributed by atoms with van der Waals surface area (Å²) in [6.07, 6.45) is -2.36. The second kappa shape index (κ2) is 8.15. The van der Waals surface area contributed by atoms with Crippen LogP contribution in [0.2, 0.25) is 0 Å². The minimum Gasteiger partial charge on any atom is -0.423 e. The fraction of sp³-hybridized carbons (Fsp3) is 0.300. The first-order valence-electron chi connectivity index (χ1n) is 10.1. The molecule has 5 rings (SSSR count). The number of amides is 1. The number of alkyl halides is 3. The molecule has 1 amide bonds. The second-order valence-corrected chi connectivity index (χ2v) is 7.56. The van der Waals surface area contributed by atoms with Crippen molar-refractivity contribution in [3.63, 3.8) is 0 Å². The molecule has 13 heteroatoms. The van der Waals surface area contributed by atoms with Crippen molar-refractivity contribution in [3.05, 3.63) is 48.6 Å². The average molecular weight is 458 g/mol. The van der Waals surface area contributed by atoms with E-state index in [-0.39, 0.29) is 17.5 Å². The highest BCUT2D eigenvalue weighted by Crippen LogP contribution is 2.29. The number of piperidine rings is 1. The van der Waals surface area contributed by atoms with Crippen LogP contribution < -0.4 is 10.2 Å². The highest BCUT2D eigenvalue weighted by atomic mass is 19.4. The molecule has 4 heterocycles. The maximum absolute atomic E-state index is 13.1. The van der Waals surface area contributed by atoms with Gasteiger partial charge >= 0.3 is 6.18 Å². The second-order valence-electron chi connectivity index (χ2n) is 7.56. The fourth-order valence-electron chi connectivity index (χ4n) is 3.77. The quantitative estimate of drug-likeness (QED) is 0.496. The molecule has 4 aromatic rings. The lowest BCUT2D eigenvalue weighted by Crippen LogP contribution is -2.38. The monoisotopic (exact) mass is 458 g/mol. The molecular formula is C20H17F3N8O2. The Balaban J connectivity index is 1.24. The molecule has 0 aliphatic carbocycles. The maximum atomic E-state index is 13.1. The first-order chi connectivity index (χ1) is 15.9. The largest absolute Gasteiger partial charge is 0.453 e. The molecule has 170 valence electrons. The number of hydrogen-bond acceptors (Lipinski definition) is 8. The SMILES string of the molecule is O=C(Nc1cccc(-c2nnco2)c1)C1CCN(c2ccc3nnc(C(F)(F)F)n3n2)CC1. The lowest BCUT2D eigenvalue weighted by molar-refractivity contribution is -0.146. The minimum atomic E-state index is -4.66. The summed E-state index contributed by atoms with van der Waals surface area (Å²) in [5.74, 6) is -0.808. The molecule has 1 aliphatic heterocycles. The summed E-state index contributed by atoms with van der Waals surface area (Å²) in [5, 5.41) is 21.2. The maximum Gasteiger partial charge on any atom is 0.453 e. The van der Waals surface area contributed by atoms with E-state index in [1.165, 1.54) is 12.5 Å². The molecular weight excluding hydrogens is 441 g/mol. The van der Waals surface area contributed by atoms with E-state index in [1.807, 2.05) is 4.90 Å². The molecule has 0 radical (unpaired) electrons. The summed E-state index contributed by atoms with van der Waals surface area (Å²) in [7, 11) is 0. The molecule has 1 aromatic carbocycles. The van der Waals surface area contributed by atoms with E-state index in [0.717, 1.165) is 0 Å². The van der Waals surface area contributed by atoms with Crippen molar-refractivity contribution in [2.45, 2.75) is 19.0 Å². The van der Waals surface area contributed by atoms with Crippen LogP contribution in [0.15, 0.2) is 47.2 Å². The van der Waals surface area contributed by atoms with Crippen LogP contribution in [0.4, 0.5) is 24.7 Å². The van der Waals surface area contributed by atoms with Gasteiger partial charge < -0.3 is 14.6 Å². The number of nitrogens with one attached hydrogen (secondary N) is 1. The number of carbonyl (C=O) groups excluding carboxylic acids is 1. The molecule has 0 bridgehead atoms. The van der Waals surface area contributed by atoms with E-state index < -0.39 is 12.0 Å². The van der Waals surface area contributed by atoms with Gasteiger partial charge in [-0.15, -0.1) is 25.5 Å². The Labute approximate surface area is 184 Å². The van der Waals surface area contributed by atoms with Gasteiger partial charge in [0.05, 0.1) is 0 Å². The summed E-state index contributed by atoms with van der Waals surface area (Å²) in [4.78, 5) is 14.6. The lowest BCUT2D eigenvalue weighted by Gasteiger charge is -2.32. The third-order valence-corrected chi connectivity index (χ3v) is 5.43. The van der Waals surface area contributed by atoms with Gasteiger partial charge in [-0.1, -0.05) is 6.07 Å². The molecule has 1 N–H and O–H groups in total. The van der Waals surface area contributed by atoms with E-state index in [0.29, 0.717) is 53.4 Å². The first kappa shape index (κ1) is 20.8. The summed E-state index contributed by atoms with van der Waals surface area (Å²) in [6, 6.07) is 10.1. The number of rotatable bonds is 4. The normalized spacial score (nSPS) is 15.2. The number of halogens is 3. The van der Waals surface area contributed by atoms with E-state index >= 15 is 0 Å². The zero-order chi connectivity index (χ0) is 23.0. The zero-order valence-electron chi connectivity index (χ0n) is 17.0. The molecule has 0 unspecified atom stereocenters. The number of carbonyl (C=O) groups is 1. The minimum absolute atomic E-state index is 0.0168. The topological polar surface area (TPSA) is 114 Å². The highest BCUT2D eigenvalue weighted by molar-refractivity contribution is 5.93. The number of fused-ring (bicyclic) bond motifs is 1. The van der Waals surface area contributed by atoms with Gasteiger partial charge in [-0.3, -0.25) is 4.79 Å². The van der Waals surface area contributed by atoms with E-state index in [2.05, 4.69) is 30.8 Å². The molecule has 1 saturated heterocycles. The Morgan fingerprint density at radius 3 is 2.64 bits per heavy atom. The van der Waals surface area contributed by atoms with Crippen LogP contribution in [0, 0.1) is 5.92 Å². The third-order valence-electron chi connectivity index (χ3n) is 5.43. The predicted molar refractivity (Wildman–Crippen MR) is 109 cm³/mol. The summed E-state index contributed by atoms with van der Waals surface area (Å²) in [5.41, 5.74) is 1.31. The number of benzene rings is 1. The molecule has 0 spiro atoms. The van der Waals surface area contributed by atoms with Crippen LogP contribution in [0.1, 0.15) is 18.7 Å². The third kappa shape index (κ3) is 4.21. The van der Waals surface area contributed by atoms with Crippen molar-refractivity contribution >= 4 is 23.1 Å². The van der Waals surface area contributed by atoms with Gasteiger partial charge in [-0.05, 0) is 43.2 Å². The van der Waals surface area contributed by atoms with Crippen molar-refractivity contribution in [2.24, 2.45) is 5.92 Å². The van der Waals surface area contributed by atoms with Gasteiger partial charge in [0.15, 0.2) is 5.65 Å². The Morgan fingerprint density at radius 1 is 1.09 bits per heavy atom. The molecule has 1 aliphatic rings. The van der Waals surface area contributed by atoms with Crippen LogP contribution in [0.25, 0.3) is 17.1 Å². The van der Waals surface area contributed by atoms with Gasteiger partial charge in [-0.25, -0.2) is 0 Å². The Bertz CT molecular complexity index is 1280. The van der Waals surface area contributed by atoms with Crippen LogP contribution in [-0.2, 0) is 11.0 Å². The van der Waals surface area contributed by atoms with Gasteiger partial charge in [0.2, 0.25) is 18.2 Å². The lowest BCUT2D eigenvalue weighted by atomic mass is 9.95. The van der Waals surface area contributed by atoms with Crippen LogP contribution in [-0.4, -0.2) is 49.0 Å². The molecule has 0 saturated carbocycles. The van der Waals surface area contributed by atoms with Crippen LogP contribution in [0.5, 0.6) is 0 Å². The van der Waals surface area contributed by atoms with E-state index in [1.54, 1.807) is 30.3 Å². The predicted octanol–water partition coefficient (Wildman–Crippen LogP) is 3.05. The van der Waals surface area contributed by atoms with E-state index in [4.69, 9.17) is 4.42 Å². The van der Waals surface area contributed by atoms with Crippen LogP contribution >= 0.6 is 0 Å². The van der Waals surface area contributed by atoms with Gasteiger partial charge in [0.1, 0.15) is 5.82 Å². The van der Waals surface area contributed by atoms with Crippen molar-refractivity contribution in [1.29, 1.82) is 0 Å². The van der Waals surface area contributed by atoms with Gasteiger partial charge in [0, 0.05) is 30.3 Å². The smallest absolute Gasteiger partial charge is 0.423 e. The number of anilines is 2. The van der Waals surface area contributed by atoms with Crippen molar-refractivity contribution in [2.75, 3.05) is 23.3 Å². The Morgan fingerprint density at radius 2 is 1.91 bits per heavy atom. The number of nitrogens with zero attached hydrogens (tertiary/aromatic N) is 7. The molecule has 10 nitrogen and oxygen atoms in total. The standard InChI is InChI=1S/C20H17F3N8O2/c21-20(22,23)19-28-26-15-4-5-16(29-31(15)19)30-8-6-12(7-9-30)17(32)25-14-3-1-2-13(10-14)18-27-24-11-33-18/h1-5,10-12H,6-9H2,(H,25,32). The zero-order valence-corrected chi connectivity index (χ0v) is 17.0. The van der Waals surface area contributed by atoms with Crippen molar-refractivity contribution in [1.82, 2.24) is 30.0 Å². The Hall–Kier alpha value is -4.03. The van der Waals surface area contributed by atoms with Crippen molar-refractivity contribution < 1.29 is 22.4 Å². The fourth-order valence-corrected chi connectivity index (χ4v) is 3.77. The number of hydrogen-bond donors (Lipinski definition) is 1.